The van der Waals surface area contributed by atoms with E-state index >= 15 is 0 Å². The predicted molar refractivity (Wildman–Crippen MR) is 140 cm³/mol. The van der Waals surface area contributed by atoms with Crippen molar-refractivity contribution < 1.29 is 19.4 Å². The number of nitrogens with two attached hydrogens (primary N) is 1. The average molecular weight is 503 g/mol. The van der Waals surface area contributed by atoms with E-state index in [1.165, 1.54) is 12.1 Å². The third-order valence-corrected chi connectivity index (χ3v) is 5.69. The number of hydrogen-bond acceptors (Lipinski definition) is 8. The van der Waals surface area contributed by atoms with Crippen LogP contribution in [0, 0.1) is 5.82 Å². The number of nitrogens with zero attached hydrogens (tertiary/aromatic N) is 3. The van der Waals surface area contributed by atoms with Crippen LogP contribution in [0.2, 0.25) is 0 Å². The van der Waals surface area contributed by atoms with E-state index in [-0.39, 0.29) is 34.7 Å². The lowest BCUT2D eigenvalue weighted by Gasteiger charge is -2.19. The minimum absolute atomic E-state index is 0.0323. The summed E-state index contributed by atoms with van der Waals surface area (Å²) < 4.78 is 13.7. The van der Waals surface area contributed by atoms with Crippen LogP contribution in [0.15, 0.2) is 60.7 Å². The number of carbonyl (C=O) groups excluding carboxylic acids is 1. The van der Waals surface area contributed by atoms with Crippen molar-refractivity contribution in [2.45, 2.75) is 32.8 Å². The topological polar surface area (TPSA) is 146 Å². The Morgan fingerprint density at radius 3 is 2.41 bits per heavy atom. The molecule has 0 bridgehead atoms. The summed E-state index contributed by atoms with van der Waals surface area (Å²) in [5.74, 6) is -1.57. The molecule has 190 valence electrons. The molecule has 1 amide bonds. The number of rotatable bonds is 6. The monoisotopic (exact) mass is 502 g/mol. The van der Waals surface area contributed by atoms with E-state index in [1.807, 2.05) is 12.1 Å². The molecule has 1 heterocycles. The molecule has 4 aromatic rings. The van der Waals surface area contributed by atoms with Crippen LogP contribution < -0.4 is 16.4 Å². The van der Waals surface area contributed by atoms with Crippen LogP contribution in [0.1, 0.15) is 42.3 Å². The number of aromatic nitrogens is 3. The maximum Gasteiger partial charge on any atom is 0.255 e. The van der Waals surface area contributed by atoms with E-state index in [2.05, 4.69) is 46.4 Å². The van der Waals surface area contributed by atoms with Gasteiger partial charge < -0.3 is 26.6 Å². The van der Waals surface area contributed by atoms with Crippen molar-refractivity contribution in [3.05, 3.63) is 83.2 Å². The van der Waals surface area contributed by atoms with Crippen LogP contribution in [-0.4, -0.2) is 31.1 Å². The Bertz CT molecular complexity index is 1450. The number of aliphatic hydroxyl groups excluding tert-OH is 1. The normalized spacial score (nSPS) is 11.3. The second kappa shape index (κ2) is 10.2. The number of benzene rings is 3. The Labute approximate surface area is 213 Å². The molecule has 0 fully saturated rings. The third kappa shape index (κ3) is 5.81. The molecule has 0 unspecified atom stereocenters. The van der Waals surface area contributed by atoms with Crippen LogP contribution in [0.25, 0.3) is 11.4 Å². The second-order valence-corrected chi connectivity index (χ2v) is 9.40. The van der Waals surface area contributed by atoms with E-state index in [1.54, 1.807) is 30.3 Å². The van der Waals surface area contributed by atoms with Gasteiger partial charge >= 0.3 is 0 Å². The molecule has 0 atom stereocenters. The zero-order valence-electron chi connectivity index (χ0n) is 20.6. The van der Waals surface area contributed by atoms with E-state index in [0.717, 1.165) is 11.6 Å². The fourth-order valence-electron chi connectivity index (χ4n) is 3.68. The number of phenols is 1. The van der Waals surface area contributed by atoms with Gasteiger partial charge in [-0.2, -0.15) is 15.0 Å². The molecule has 0 saturated heterocycles. The van der Waals surface area contributed by atoms with Gasteiger partial charge in [0.2, 0.25) is 11.9 Å². The quantitative estimate of drug-likeness (QED) is 0.237. The fourth-order valence-corrected chi connectivity index (χ4v) is 3.68. The van der Waals surface area contributed by atoms with Gasteiger partial charge in [0.1, 0.15) is 0 Å². The minimum Gasteiger partial charge on any atom is -0.505 e. The Kier molecular flexibility index (Phi) is 7.03. The Morgan fingerprint density at radius 2 is 1.76 bits per heavy atom. The molecule has 4 rings (SSSR count). The van der Waals surface area contributed by atoms with Crippen molar-refractivity contribution in [2.24, 2.45) is 0 Å². The summed E-state index contributed by atoms with van der Waals surface area (Å²) >= 11 is 0. The van der Waals surface area contributed by atoms with Gasteiger partial charge in [-0.15, -0.1) is 0 Å². The van der Waals surface area contributed by atoms with E-state index in [4.69, 9.17) is 5.73 Å². The van der Waals surface area contributed by atoms with Gasteiger partial charge in [0.15, 0.2) is 17.4 Å². The van der Waals surface area contributed by atoms with Gasteiger partial charge in [-0.1, -0.05) is 45.0 Å². The molecule has 3 aromatic carbocycles. The molecule has 9 nitrogen and oxygen atoms in total. The molecule has 0 aliphatic carbocycles. The standard InChI is InChI=1S/C27H27FN6O3/c1-27(2,3)16-9-7-15(8-10-16)24(37)31-21-6-4-5-18(19(21)14-35)23-32-25(29)34-26(33-23)30-17-11-12-22(36)20(28)13-17/h4-13,35-36H,14H2,1-3H3,(H,31,37)(H3,29,30,32,33,34). The summed E-state index contributed by atoms with van der Waals surface area (Å²) in [7, 11) is 0. The molecule has 10 heteroatoms. The number of hydrogen-bond donors (Lipinski definition) is 5. The smallest absolute Gasteiger partial charge is 0.255 e. The van der Waals surface area contributed by atoms with Crippen LogP contribution >= 0.6 is 0 Å². The van der Waals surface area contributed by atoms with Crippen molar-refractivity contribution in [1.82, 2.24) is 15.0 Å². The van der Waals surface area contributed by atoms with Gasteiger partial charge in [0, 0.05) is 34.1 Å². The van der Waals surface area contributed by atoms with Crippen LogP contribution in [0.5, 0.6) is 5.75 Å². The Balaban J connectivity index is 1.63. The number of nitrogen functional groups attached to an aromatic ring is 1. The number of aromatic hydroxyl groups is 1. The highest BCUT2D eigenvalue weighted by Gasteiger charge is 2.18. The van der Waals surface area contributed by atoms with Crippen molar-refractivity contribution >= 4 is 29.2 Å². The highest BCUT2D eigenvalue weighted by atomic mass is 19.1. The maximum atomic E-state index is 13.7. The summed E-state index contributed by atoms with van der Waals surface area (Å²) in [4.78, 5) is 25.5. The van der Waals surface area contributed by atoms with Gasteiger partial charge in [-0.3, -0.25) is 4.79 Å². The largest absolute Gasteiger partial charge is 0.505 e. The molecule has 0 radical (unpaired) electrons. The van der Waals surface area contributed by atoms with Gasteiger partial charge in [0.25, 0.3) is 5.91 Å². The molecular weight excluding hydrogens is 475 g/mol. The number of amides is 1. The molecule has 1 aromatic heterocycles. The lowest BCUT2D eigenvalue weighted by Crippen LogP contribution is -2.15. The first-order valence-electron chi connectivity index (χ1n) is 11.5. The van der Waals surface area contributed by atoms with Crippen LogP contribution in [-0.2, 0) is 12.0 Å². The third-order valence-electron chi connectivity index (χ3n) is 5.69. The average Bonchev–Trinajstić information content (AvgIpc) is 2.85. The second-order valence-electron chi connectivity index (χ2n) is 9.40. The number of phenolic OH excluding ortho intramolecular Hbond substituents is 1. The molecule has 37 heavy (non-hydrogen) atoms. The first-order chi connectivity index (χ1) is 17.5. The summed E-state index contributed by atoms with van der Waals surface area (Å²) in [5, 5.41) is 25.2. The fraction of sp³-hybridized carbons (Fsp3) is 0.185. The molecule has 0 aliphatic rings. The number of halogens is 1. The van der Waals surface area contributed by atoms with Gasteiger partial charge in [-0.05, 0) is 41.3 Å². The van der Waals surface area contributed by atoms with Crippen LogP contribution in [0.4, 0.5) is 27.7 Å². The van der Waals surface area contributed by atoms with Crippen LogP contribution in [0.3, 0.4) is 0 Å². The maximum absolute atomic E-state index is 13.7. The van der Waals surface area contributed by atoms with Crippen molar-refractivity contribution in [2.75, 3.05) is 16.4 Å². The van der Waals surface area contributed by atoms with Crippen molar-refractivity contribution in [3.63, 3.8) is 0 Å². The Hall–Kier alpha value is -4.57. The lowest BCUT2D eigenvalue weighted by atomic mass is 9.86. The Morgan fingerprint density at radius 1 is 1.03 bits per heavy atom. The number of carbonyl (C=O) groups is 1. The zero-order chi connectivity index (χ0) is 26.7. The van der Waals surface area contributed by atoms with E-state index in [0.29, 0.717) is 22.4 Å². The lowest BCUT2D eigenvalue weighted by molar-refractivity contribution is 0.102. The summed E-state index contributed by atoms with van der Waals surface area (Å²) in [6.45, 7) is 5.88. The number of aliphatic hydroxyl groups is 1. The molecular formula is C27H27FN6O3. The molecule has 6 N–H and O–H groups in total. The van der Waals surface area contributed by atoms with Gasteiger partial charge in [-0.25, -0.2) is 4.39 Å². The first kappa shape index (κ1) is 25.5. The summed E-state index contributed by atoms with van der Waals surface area (Å²) in [6.07, 6.45) is 0. The van der Waals surface area contributed by atoms with Crippen molar-refractivity contribution in [1.29, 1.82) is 0 Å². The van der Waals surface area contributed by atoms with Gasteiger partial charge in [0.05, 0.1) is 6.61 Å². The highest BCUT2D eigenvalue weighted by molar-refractivity contribution is 6.05. The highest BCUT2D eigenvalue weighted by Crippen LogP contribution is 2.30. The number of nitrogens with one attached hydrogen (secondary N) is 2. The SMILES string of the molecule is CC(C)(C)c1ccc(C(=O)Nc2cccc(-c3nc(N)nc(Nc4ccc(O)c(F)c4)n3)c2CO)cc1. The predicted octanol–water partition coefficient (Wildman–Crippen LogP) is 4.75. The minimum atomic E-state index is -0.814. The van der Waals surface area contributed by atoms with E-state index < -0.39 is 18.2 Å². The first-order valence-corrected chi connectivity index (χ1v) is 11.5. The molecule has 0 aliphatic heterocycles. The zero-order valence-corrected chi connectivity index (χ0v) is 20.6. The summed E-state index contributed by atoms with van der Waals surface area (Å²) in [5.41, 5.74) is 8.91. The van der Waals surface area contributed by atoms with E-state index in [9.17, 15) is 19.4 Å². The summed E-state index contributed by atoms with van der Waals surface area (Å²) in [6, 6.07) is 16.1. The van der Waals surface area contributed by atoms with Crippen molar-refractivity contribution in [3.8, 4) is 17.1 Å². The number of anilines is 4. The molecule has 0 spiro atoms. The molecule has 0 saturated carbocycles.